The van der Waals surface area contributed by atoms with E-state index in [0.717, 1.165) is 11.1 Å². The van der Waals surface area contributed by atoms with E-state index >= 15 is 0 Å². The fourth-order valence-electron chi connectivity index (χ4n) is 5.04. The first kappa shape index (κ1) is 22.8. The molecule has 1 heterocycles. The molecule has 0 aromatic heterocycles. The van der Waals surface area contributed by atoms with Gasteiger partial charge in [-0.2, -0.15) is 0 Å². The number of rotatable bonds is 6. The van der Waals surface area contributed by atoms with E-state index in [1.807, 2.05) is 31.2 Å². The number of ether oxygens (including phenoxy) is 1. The number of nitrogens with zero attached hydrogens (tertiary/aromatic N) is 1. The lowest BCUT2D eigenvalue weighted by atomic mass is 9.91. The Bertz CT molecular complexity index is 1010. The van der Waals surface area contributed by atoms with Crippen LogP contribution in [-0.2, 0) is 14.3 Å². The topological polar surface area (TPSA) is 95.9 Å². The van der Waals surface area contributed by atoms with E-state index in [0.29, 0.717) is 19.4 Å². The van der Waals surface area contributed by atoms with Crippen LogP contribution in [0, 0.1) is 5.92 Å². The summed E-state index contributed by atoms with van der Waals surface area (Å²) in [5.74, 6) is -1.31. The number of amides is 2. The first-order valence-corrected chi connectivity index (χ1v) is 11.5. The molecule has 0 saturated carbocycles. The molecule has 2 N–H and O–H groups in total. The molecule has 2 aromatic rings. The third-order valence-electron chi connectivity index (χ3n) is 6.73. The van der Waals surface area contributed by atoms with E-state index in [1.165, 1.54) is 11.1 Å². The molecule has 4 rings (SSSR count). The molecular weight excluding hydrogens is 420 g/mol. The number of carboxylic acid groups (broad SMARTS) is 1. The quantitative estimate of drug-likeness (QED) is 0.693. The molecule has 0 radical (unpaired) electrons. The van der Waals surface area contributed by atoms with Crippen LogP contribution < -0.4 is 5.32 Å². The number of carbonyl (C=O) groups excluding carboxylic acids is 2. The van der Waals surface area contributed by atoms with Gasteiger partial charge in [0.25, 0.3) is 0 Å². The Morgan fingerprint density at radius 3 is 2.27 bits per heavy atom. The van der Waals surface area contributed by atoms with Crippen molar-refractivity contribution in [1.82, 2.24) is 10.2 Å². The van der Waals surface area contributed by atoms with Crippen LogP contribution in [0.25, 0.3) is 11.1 Å². The number of fused-ring (bicyclic) bond motifs is 3. The van der Waals surface area contributed by atoms with Crippen LogP contribution >= 0.6 is 0 Å². The lowest BCUT2D eigenvalue weighted by molar-refractivity contribution is -0.147. The molecule has 2 aliphatic rings. The first-order valence-electron chi connectivity index (χ1n) is 11.5. The highest BCUT2D eigenvalue weighted by Gasteiger charge is 2.33. The van der Waals surface area contributed by atoms with Crippen molar-refractivity contribution in [2.45, 2.75) is 51.1 Å². The van der Waals surface area contributed by atoms with Gasteiger partial charge >= 0.3 is 12.1 Å². The van der Waals surface area contributed by atoms with Crippen LogP contribution in [0.3, 0.4) is 0 Å². The lowest BCUT2D eigenvalue weighted by Gasteiger charge is -2.36. The summed E-state index contributed by atoms with van der Waals surface area (Å²) in [6.07, 6.45) is 0.510. The van der Waals surface area contributed by atoms with E-state index in [9.17, 15) is 19.5 Å². The molecule has 174 valence electrons. The van der Waals surface area contributed by atoms with Gasteiger partial charge in [0.05, 0.1) is 5.92 Å². The van der Waals surface area contributed by atoms with Crippen LogP contribution in [-0.4, -0.2) is 53.2 Å². The van der Waals surface area contributed by atoms with Gasteiger partial charge in [0, 0.05) is 31.0 Å². The number of benzene rings is 2. The van der Waals surface area contributed by atoms with Gasteiger partial charge in [-0.3, -0.25) is 9.59 Å². The zero-order valence-corrected chi connectivity index (χ0v) is 19.0. The smallest absolute Gasteiger partial charge is 0.407 e. The van der Waals surface area contributed by atoms with Crippen molar-refractivity contribution >= 4 is 18.0 Å². The van der Waals surface area contributed by atoms with Gasteiger partial charge < -0.3 is 20.1 Å². The molecule has 1 fully saturated rings. The van der Waals surface area contributed by atoms with Crippen LogP contribution in [0.2, 0.25) is 0 Å². The second kappa shape index (κ2) is 9.65. The number of aliphatic carboxylic acids is 1. The minimum absolute atomic E-state index is 0.0172. The predicted octanol–water partition coefficient (Wildman–Crippen LogP) is 4.02. The van der Waals surface area contributed by atoms with Gasteiger partial charge in [-0.25, -0.2) is 4.79 Å². The molecule has 0 unspecified atom stereocenters. The van der Waals surface area contributed by atoms with Crippen molar-refractivity contribution < 1.29 is 24.2 Å². The number of hydrogen-bond acceptors (Lipinski definition) is 4. The molecule has 3 atom stereocenters. The van der Waals surface area contributed by atoms with Crippen molar-refractivity contribution in [2.24, 2.45) is 5.92 Å². The fraction of sp³-hybridized carbons (Fsp3) is 0.423. The van der Waals surface area contributed by atoms with Crippen molar-refractivity contribution in [2.75, 3.05) is 13.2 Å². The Hall–Kier alpha value is -3.35. The Labute approximate surface area is 193 Å². The van der Waals surface area contributed by atoms with E-state index in [-0.39, 0.29) is 30.9 Å². The summed E-state index contributed by atoms with van der Waals surface area (Å²) in [4.78, 5) is 38.1. The molecule has 0 spiro atoms. The summed E-state index contributed by atoms with van der Waals surface area (Å²) in [6.45, 7) is 4.29. The number of hydrogen-bond donors (Lipinski definition) is 2. The molecule has 33 heavy (non-hydrogen) atoms. The maximum absolute atomic E-state index is 12.7. The van der Waals surface area contributed by atoms with Gasteiger partial charge in [-0.05, 0) is 48.9 Å². The number of alkyl carbamates (subject to hydrolysis) is 1. The second-order valence-electron chi connectivity index (χ2n) is 9.07. The molecule has 1 aliphatic carbocycles. The summed E-state index contributed by atoms with van der Waals surface area (Å²) in [5, 5.41) is 12.0. The predicted molar refractivity (Wildman–Crippen MR) is 124 cm³/mol. The van der Waals surface area contributed by atoms with Gasteiger partial charge in [0.2, 0.25) is 5.91 Å². The highest BCUT2D eigenvalue weighted by atomic mass is 16.5. The molecule has 7 heteroatoms. The molecule has 2 aromatic carbocycles. The molecule has 2 amide bonds. The second-order valence-corrected chi connectivity index (χ2v) is 9.07. The monoisotopic (exact) mass is 450 g/mol. The van der Waals surface area contributed by atoms with Gasteiger partial charge in [-0.15, -0.1) is 0 Å². The largest absolute Gasteiger partial charge is 0.481 e. The third-order valence-corrected chi connectivity index (χ3v) is 6.73. The Morgan fingerprint density at radius 2 is 1.70 bits per heavy atom. The molecular formula is C26H30N2O5. The highest BCUT2D eigenvalue weighted by Crippen LogP contribution is 2.44. The number of piperidine rings is 1. The van der Waals surface area contributed by atoms with Crippen molar-refractivity contribution in [1.29, 1.82) is 0 Å². The summed E-state index contributed by atoms with van der Waals surface area (Å²) in [6, 6.07) is 15.8. The normalized spacial score (nSPS) is 20.5. The average molecular weight is 451 g/mol. The number of carboxylic acids is 1. The Balaban J connectivity index is 1.29. The number of carbonyl (C=O) groups is 3. The van der Waals surface area contributed by atoms with Crippen LogP contribution in [0.5, 0.6) is 0 Å². The van der Waals surface area contributed by atoms with Crippen LogP contribution in [0.4, 0.5) is 4.79 Å². The van der Waals surface area contributed by atoms with Crippen LogP contribution in [0.1, 0.15) is 50.2 Å². The summed E-state index contributed by atoms with van der Waals surface area (Å²) >= 11 is 0. The van der Waals surface area contributed by atoms with E-state index in [1.54, 1.807) is 11.8 Å². The maximum Gasteiger partial charge on any atom is 0.407 e. The summed E-state index contributed by atoms with van der Waals surface area (Å²) in [5.41, 5.74) is 4.63. The Morgan fingerprint density at radius 1 is 1.09 bits per heavy atom. The SMILES string of the molecule is C[C@@H](CC(=O)N1CC[C@H](C(=O)O)C[C@@H]1C)NC(=O)OCC1c2ccccc2-c2ccccc21. The van der Waals surface area contributed by atoms with Gasteiger partial charge in [0.1, 0.15) is 6.61 Å². The minimum Gasteiger partial charge on any atom is -0.481 e. The summed E-state index contributed by atoms with van der Waals surface area (Å²) in [7, 11) is 0. The molecule has 1 aliphatic heterocycles. The standard InChI is InChI=1S/C26H30N2O5/c1-16(13-24(29)28-12-11-18(25(30)31)14-17(28)2)27-26(32)33-15-23-21-9-5-3-7-19(21)20-8-4-6-10-22(20)23/h3-10,16-18,23H,11-15H2,1-2H3,(H,27,32)(H,30,31)/t16-,17-,18-/m0/s1. The van der Waals surface area contributed by atoms with Gasteiger partial charge in [-0.1, -0.05) is 48.5 Å². The third kappa shape index (κ3) is 4.87. The van der Waals surface area contributed by atoms with Crippen LogP contribution in [0.15, 0.2) is 48.5 Å². The first-order chi connectivity index (χ1) is 15.8. The molecule has 1 saturated heterocycles. The Kier molecular flexibility index (Phi) is 6.67. The zero-order chi connectivity index (χ0) is 23.5. The van der Waals surface area contributed by atoms with Gasteiger partial charge in [0.15, 0.2) is 0 Å². The zero-order valence-electron chi connectivity index (χ0n) is 19.0. The molecule has 0 bridgehead atoms. The summed E-state index contributed by atoms with van der Waals surface area (Å²) < 4.78 is 5.56. The highest BCUT2D eigenvalue weighted by molar-refractivity contribution is 5.80. The minimum atomic E-state index is -0.806. The van der Waals surface area contributed by atoms with Crippen molar-refractivity contribution in [3.05, 3.63) is 59.7 Å². The van der Waals surface area contributed by atoms with E-state index in [2.05, 4.69) is 29.6 Å². The van der Waals surface area contributed by atoms with Crippen molar-refractivity contribution in [3.63, 3.8) is 0 Å². The van der Waals surface area contributed by atoms with E-state index < -0.39 is 24.0 Å². The number of nitrogens with one attached hydrogen (secondary N) is 1. The average Bonchev–Trinajstić information content (AvgIpc) is 3.11. The van der Waals surface area contributed by atoms with Crippen molar-refractivity contribution in [3.8, 4) is 11.1 Å². The maximum atomic E-state index is 12.7. The lowest BCUT2D eigenvalue weighted by Crippen LogP contribution is -2.48. The fourth-order valence-corrected chi connectivity index (χ4v) is 5.04. The van der Waals surface area contributed by atoms with E-state index in [4.69, 9.17) is 4.74 Å². The molecule has 7 nitrogen and oxygen atoms in total. The number of likely N-dealkylation sites (tertiary alicyclic amines) is 1.